The van der Waals surface area contributed by atoms with Gasteiger partial charge in [-0.25, -0.2) is 4.98 Å². The summed E-state index contributed by atoms with van der Waals surface area (Å²) in [5.41, 5.74) is 5.94. The van der Waals surface area contributed by atoms with Gasteiger partial charge in [0.2, 0.25) is 5.89 Å². The molecule has 0 bridgehead atoms. The van der Waals surface area contributed by atoms with Gasteiger partial charge in [-0.3, -0.25) is 10.1 Å². The number of hydrogen-bond donors (Lipinski definition) is 2. The average molecular weight is 480 g/mol. The fourth-order valence-electron chi connectivity index (χ4n) is 2.97. The number of benzene rings is 3. The smallest absolute Gasteiger partial charge is 0.257 e. The molecule has 4 aromatic rings. The lowest BCUT2D eigenvalue weighted by Gasteiger charge is -2.09. The number of carbonyl (C=O) groups excluding carboxylic acids is 1. The normalized spacial score (nSPS) is 10.8. The molecule has 0 saturated heterocycles. The zero-order valence-corrected chi connectivity index (χ0v) is 18.7. The number of nitrogens with one attached hydrogen (secondary N) is 2. The Hall–Kier alpha value is -3.03. The van der Waals surface area contributed by atoms with Crippen molar-refractivity contribution in [1.82, 2.24) is 10.3 Å². The number of nitrogens with zero attached hydrogens (tertiary/aromatic N) is 1. The summed E-state index contributed by atoms with van der Waals surface area (Å²) < 4.78 is 6.72. The van der Waals surface area contributed by atoms with Gasteiger partial charge in [-0.15, -0.1) is 0 Å². The van der Waals surface area contributed by atoms with Crippen LogP contribution < -0.4 is 10.6 Å². The Morgan fingerprint density at radius 1 is 1.03 bits per heavy atom. The van der Waals surface area contributed by atoms with Crippen LogP contribution in [0.2, 0.25) is 0 Å². The van der Waals surface area contributed by atoms with Crippen LogP contribution in [0.5, 0.6) is 0 Å². The van der Waals surface area contributed by atoms with Gasteiger partial charge < -0.3 is 9.73 Å². The average Bonchev–Trinajstić information content (AvgIpc) is 3.13. The van der Waals surface area contributed by atoms with Crippen molar-refractivity contribution < 1.29 is 9.21 Å². The molecule has 1 heterocycles. The number of aryl methyl sites for hydroxylation is 2. The molecule has 0 unspecified atom stereocenters. The summed E-state index contributed by atoms with van der Waals surface area (Å²) in [6.45, 7) is 4.13. The molecule has 0 spiro atoms. The highest BCUT2D eigenvalue weighted by atomic mass is 79.9. The molecular formula is C23H18BrN3O2S. The van der Waals surface area contributed by atoms with Crippen LogP contribution in [-0.4, -0.2) is 16.0 Å². The largest absolute Gasteiger partial charge is 0.436 e. The molecule has 0 saturated carbocycles. The van der Waals surface area contributed by atoms with Crippen LogP contribution >= 0.6 is 28.1 Å². The molecule has 3 aromatic carbocycles. The van der Waals surface area contributed by atoms with Crippen LogP contribution in [0.3, 0.4) is 0 Å². The van der Waals surface area contributed by atoms with E-state index in [0.29, 0.717) is 28.2 Å². The summed E-state index contributed by atoms with van der Waals surface area (Å²) in [5.74, 6) is 0.282. The molecule has 0 fully saturated rings. The molecule has 1 amide bonds. The minimum atomic E-state index is -0.284. The molecular weight excluding hydrogens is 462 g/mol. The van der Waals surface area contributed by atoms with Crippen LogP contribution in [0.15, 0.2) is 69.6 Å². The van der Waals surface area contributed by atoms with Crippen molar-refractivity contribution in [3.63, 3.8) is 0 Å². The predicted molar refractivity (Wildman–Crippen MR) is 127 cm³/mol. The lowest BCUT2D eigenvalue weighted by atomic mass is 10.1. The zero-order chi connectivity index (χ0) is 21.3. The van der Waals surface area contributed by atoms with Crippen LogP contribution in [0.25, 0.3) is 22.6 Å². The lowest BCUT2D eigenvalue weighted by Crippen LogP contribution is -2.34. The summed E-state index contributed by atoms with van der Waals surface area (Å²) in [7, 11) is 0. The van der Waals surface area contributed by atoms with E-state index >= 15 is 0 Å². The van der Waals surface area contributed by atoms with Crippen molar-refractivity contribution in [2.75, 3.05) is 5.32 Å². The molecule has 30 heavy (non-hydrogen) atoms. The first-order chi connectivity index (χ1) is 14.4. The molecule has 5 nitrogen and oxygen atoms in total. The predicted octanol–water partition coefficient (Wildman–Crippen LogP) is 6.00. The fraction of sp³-hybridized carbons (Fsp3) is 0.0870. The van der Waals surface area contributed by atoms with Crippen molar-refractivity contribution in [3.8, 4) is 11.5 Å². The number of aromatic nitrogens is 1. The molecule has 0 radical (unpaired) electrons. The summed E-state index contributed by atoms with van der Waals surface area (Å²) >= 11 is 8.63. The first-order valence-electron chi connectivity index (χ1n) is 9.25. The van der Waals surface area contributed by atoms with Crippen molar-refractivity contribution >= 4 is 56.0 Å². The number of fused-ring (bicyclic) bond motifs is 1. The van der Waals surface area contributed by atoms with Gasteiger partial charge in [0, 0.05) is 21.3 Å². The number of thiocarbonyl (C=S) groups is 1. The molecule has 1 aromatic heterocycles. The van der Waals surface area contributed by atoms with Crippen molar-refractivity contribution in [2.45, 2.75) is 13.8 Å². The molecule has 150 valence electrons. The van der Waals surface area contributed by atoms with E-state index in [9.17, 15) is 4.79 Å². The number of amides is 1. The van der Waals surface area contributed by atoms with Gasteiger partial charge in [-0.2, -0.15) is 0 Å². The molecule has 0 aliphatic carbocycles. The standard InChI is InChI=1S/C23H18BrN3O2S/c1-13-6-7-16(10-14(13)2)22-26-19-12-18(8-9-20(19)29-22)25-23(30)27-21(28)15-4-3-5-17(24)11-15/h3-12H,1-2H3,(H2,25,27,28,30). The highest BCUT2D eigenvalue weighted by Crippen LogP contribution is 2.27. The lowest BCUT2D eigenvalue weighted by molar-refractivity contribution is 0.0977. The van der Waals surface area contributed by atoms with E-state index in [0.717, 1.165) is 10.0 Å². The fourth-order valence-corrected chi connectivity index (χ4v) is 3.58. The van der Waals surface area contributed by atoms with E-state index < -0.39 is 0 Å². The Balaban J connectivity index is 1.50. The summed E-state index contributed by atoms with van der Waals surface area (Å²) in [4.78, 5) is 16.9. The van der Waals surface area contributed by atoms with Gasteiger partial charge in [0.1, 0.15) is 5.52 Å². The number of halogens is 1. The topological polar surface area (TPSA) is 67.2 Å². The van der Waals surface area contributed by atoms with Gasteiger partial charge in [-0.1, -0.05) is 28.1 Å². The van der Waals surface area contributed by atoms with Crippen molar-refractivity contribution in [1.29, 1.82) is 0 Å². The minimum absolute atomic E-state index is 0.206. The minimum Gasteiger partial charge on any atom is -0.436 e. The third-order valence-electron chi connectivity index (χ3n) is 4.71. The van der Waals surface area contributed by atoms with E-state index in [4.69, 9.17) is 16.6 Å². The maximum atomic E-state index is 12.3. The summed E-state index contributed by atoms with van der Waals surface area (Å²) in [6.07, 6.45) is 0. The highest BCUT2D eigenvalue weighted by molar-refractivity contribution is 9.10. The van der Waals surface area contributed by atoms with Gasteiger partial charge in [0.05, 0.1) is 0 Å². The van der Waals surface area contributed by atoms with Gasteiger partial charge >= 0.3 is 0 Å². The molecule has 4 rings (SSSR count). The maximum absolute atomic E-state index is 12.3. The van der Waals surface area contributed by atoms with E-state index in [1.54, 1.807) is 18.2 Å². The number of oxazole rings is 1. The van der Waals surface area contributed by atoms with Crippen LogP contribution in [0.1, 0.15) is 21.5 Å². The quantitative estimate of drug-likeness (QED) is 0.352. The Kier molecular flexibility index (Phi) is 5.65. The van der Waals surface area contributed by atoms with Gasteiger partial charge in [0.15, 0.2) is 10.7 Å². The Morgan fingerprint density at radius 3 is 2.63 bits per heavy atom. The molecule has 0 atom stereocenters. The third-order valence-corrected chi connectivity index (χ3v) is 5.41. The monoisotopic (exact) mass is 479 g/mol. The Labute approximate surface area is 187 Å². The second-order valence-corrected chi connectivity index (χ2v) is 8.24. The number of hydrogen-bond acceptors (Lipinski definition) is 4. The van der Waals surface area contributed by atoms with Gasteiger partial charge in [-0.05, 0) is 85.7 Å². The van der Waals surface area contributed by atoms with E-state index in [1.807, 2.05) is 30.3 Å². The maximum Gasteiger partial charge on any atom is 0.257 e. The number of anilines is 1. The highest BCUT2D eigenvalue weighted by Gasteiger charge is 2.12. The van der Waals surface area contributed by atoms with Crippen LogP contribution in [-0.2, 0) is 0 Å². The summed E-state index contributed by atoms with van der Waals surface area (Å²) in [5, 5.41) is 5.91. The molecule has 0 aliphatic rings. The Bertz CT molecular complexity index is 1280. The van der Waals surface area contributed by atoms with Crippen LogP contribution in [0, 0.1) is 13.8 Å². The van der Waals surface area contributed by atoms with Crippen LogP contribution in [0.4, 0.5) is 5.69 Å². The first kappa shape index (κ1) is 20.3. The Morgan fingerprint density at radius 2 is 1.87 bits per heavy atom. The molecule has 2 N–H and O–H groups in total. The third kappa shape index (κ3) is 4.42. The SMILES string of the molecule is Cc1ccc(-c2nc3cc(NC(=S)NC(=O)c4cccc(Br)c4)ccc3o2)cc1C. The number of rotatable bonds is 3. The molecule has 7 heteroatoms. The van der Waals surface area contributed by atoms with E-state index in [2.05, 4.69) is 57.5 Å². The number of carbonyl (C=O) groups is 1. The zero-order valence-electron chi connectivity index (χ0n) is 16.3. The first-order valence-corrected chi connectivity index (χ1v) is 10.5. The second-order valence-electron chi connectivity index (χ2n) is 6.92. The van der Waals surface area contributed by atoms with E-state index in [-0.39, 0.29) is 11.0 Å². The summed E-state index contributed by atoms with van der Waals surface area (Å²) in [6, 6.07) is 18.7. The van der Waals surface area contributed by atoms with Crippen molar-refractivity contribution in [2.24, 2.45) is 0 Å². The van der Waals surface area contributed by atoms with Crippen molar-refractivity contribution in [3.05, 3.63) is 81.8 Å². The molecule has 0 aliphatic heterocycles. The van der Waals surface area contributed by atoms with Gasteiger partial charge in [0.25, 0.3) is 5.91 Å². The van der Waals surface area contributed by atoms with E-state index in [1.165, 1.54) is 11.1 Å². The second kappa shape index (κ2) is 8.38.